The Hall–Kier alpha value is -4.27. The van der Waals surface area contributed by atoms with Crippen molar-refractivity contribution in [1.82, 2.24) is 20.4 Å². The summed E-state index contributed by atoms with van der Waals surface area (Å²) in [6.07, 6.45) is 0. The molecule has 2 aromatic carbocycles. The van der Waals surface area contributed by atoms with Gasteiger partial charge < -0.3 is 16.0 Å². The highest BCUT2D eigenvalue weighted by Gasteiger charge is 2.09. The number of aryl methyl sites for hydroxylation is 1. The smallest absolute Gasteiger partial charge is 0.267 e. The van der Waals surface area contributed by atoms with Crippen molar-refractivity contribution in [3.63, 3.8) is 0 Å². The molecule has 0 aliphatic heterocycles. The maximum Gasteiger partial charge on any atom is 0.267 e. The summed E-state index contributed by atoms with van der Waals surface area (Å²) in [5.74, 6) is -0.885. The fourth-order valence-electron chi connectivity index (χ4n) is 3.02. The van der Waals surface area contributed by atoms with Gasteiger partial charge in [-0.15, -0.1) is 0 Å². The van der Waals surface area contributed by atoms with Crippen LogP contribution in [0.15, 0.2) is 65.5 Å². The third kappa shape index (κ3) is 6.86. The fourth-order valence-corrected chi connectivity index (χ4v) is 3.02. The van der Waals surface area contributed by atoms with Crippen molar-refractivity contribution in [3.05, 3.63) is 82.1 Å². The number of rotatable bonds is 8. The number of aromatic nitrogens is 2. The third-order valence-corrected chi connectivity index (χ3v) is 4.71. The minimum absolute atomic E-state index is 0.192. The van der Waals surface area contributed by atoms with Gasteiger partial charge in [0, 0.05) is 42.9 Å². The maximum absolute atomic E-state index is 12.2. The molecule has 3 aromatic rings. The molecular weight excluding hydrogens is 422 g/mol. The average molecular weight is 447 g/mol. The van der Waals surface area contributed by atoms with E-state index in [-0.39, 0.29) is 42.9 Å². The van der Waals surface area contributed by atoms with Gasteiger partial charge in [-0.3, -0.25) is 19.2 Å². The number of carbonyl (C=O) groups excluding carboxylic acids is 3. The van der Waals surface area contributed by atoms with E-state index in [1.807, 2.05) is 31.2 Å². The van der Waals surface area contributed by atoms with E-state index in [4.69, 9.17) is 0 Å². The Bertz CT molecular complexity index is 1200. The molecule has 33 heavy (non-hydrogen) atoms. The van der Waals surface area contributed by atoms with Gasteiger partial charge in [-0.1, -0.05) is 29.8 Å². The van der Waals surface area contributed by atoms with Crippen LogP contribution >= 0.6 is 0 Å². The summed E-state index contributed by atoms with van der Waals surface area (Å²) in [5.41, 5.74) is 3.21. The molecule has 9 heteroatoms. The molecule has 0 radical (unpaired) electrons. The Morgan fingerprint density at radius 3 is 2.21 bits per heavy atom. The molecule has 0 aliphatic rings. The van der Waals surface area contributed by atoms with Gasteiger partial charge in [-0.05, 0) is 37.3 Å². The molecule has 1 heterocycles. The molecule has 3 amide bonds. The monoisotopic (exact) mass is 447 g/mol. The van der Waals surface area contributed by atoms with Gasteiger partial charge >= 0.3 is 0 Å². The highest BCUT2D eigenvalue weighted by atomic mass is 16.2. The Labute approximate surface area is 190 Å². The van der Waals surface area contributed by atoms with Crippen LogP contribution in [0.25, 0.3) is 11.3 Å². The standard InChI is InChI=1S/C24H25N5O4/c1-16-3-5-18(6-4-16)21-11-12-23(32)29(28-21)15-22(31)25-13-14-26-24(33)19-7-9-20(10-8-19)27-17(2)30/h3-12H,13-15H2,1-2H3,(H,25,31)(H,26,33)(H,27,30). The zero-order valence-corrected chi connectivity index (χ0v) is 18.4. The van der Waals surface area contributed by atoms with E-state index < -0.39 is 0 Å². The van der Waals surface area contributed by atoms with Gasteiger partial charge in [-0.2, -0.15) is 5.10 Å². The van der Waals surface area contributed by atoms with Gasteiger partial charge in [0.1, 0.15) is 6.54 Å². The van der Waals surface area contributed by atoms with E-state index in [1.165, 1.54) is 13.0 Å². The molecule has 3 N–H and O–H groups in total. The van der Waals surface area contributed by atoms with Crippen molar-refractivity contribution < 1.29 is 14.4 Å². The summed E-state index contributed by atoms with van der Waals surface area (Å²) < 4.78 is 1.11. The predicted octanol–water partition coefficient (Wildman–Crippen LogP) is 1.72. The molecule has 0 spiro atoms. The summed E-state index contributed by atoms with van der Waals surface area (Å²) in [5, 5.41) is 12.3. The molecule has 0 aliphatic carbocycles. The van der Waals surface area contributed by atoms with Crippen molar-refractivity contribution in [2.75, 3.05) is 18.4 Å². The second-order valence-electron chi connectivity index (χ2n) is 7.44. The van der Waals surface area contributed by atoms with Gasteiger partial charge in [0.15, 0.2) is 0 Å². The van der Waals surface area contributed by atoms with E-state index in [1.54, 1.807) is 30.3 Å². The first kappa shape index (κ1) is 23.4. The molecular formula is C24H25N5O4. The van der Waals surface area contributed by atoms with E-state index in [2.05, 4.69) is 21.0 Å². The largest absolute Gasteiger partial charge is 0.353 e. The fraction of sp³-hybridized carbons (Fsp3) is 0.208. The van der Waals surface area contributed by atoms with Gasteiger partial charge in [0.25, 0.3) is 11.5 Å². The normalized spacial score (nSPS) is 10.4. The van der Waals surface area contributed by atoms with Crippen LogP contribution in [0.4, 0.5) is 5.69 Å². The first-order chi connectivity index (χ1) is 15.8. The Kier molecular flexibility index (Phi) is 7.69. The van der Waals surface area contributed by atoms with Gasteiger partial charge in [-0.25, -0.2) is 4.68 Å². The lowest BCUT2D eigenvalue weighted by molar-refractivity contribution is -0.121. The summed E-state index contributed by atoms with van der Waals surface area (Å²) in [7, 11) is 0. The van der Waals surface area contributed by atoms with Gasteiger partial charge in [0.05, 0.1) is 5.69 Å². The highest BCUT2D eigenvalue weighted by Crippen LogP contribution is 2.15. The van der Waals surface area contributed by atoms with Gasteiger partial charge in [0.2, 0.25) is 11.8 Å². The Balaban J connectivity index is 1.48. The molecule has 0 atom stereocenters. The molecule has 0 saturated carbocycles. The number of anilines is 1. The molecule has 0 bridgehead atoms. The van der Waals surface area contributed by atoms with Crippen LogP contribution in [0.3, 0.4) is 0 Å². The van der Waals surface area contributed by atoms with E-state index in [0.717, 1.165) is 15.8 Å². The van der Waals surface area contributed by atoms with Crippen LogP contribution in [0.2, 0.25) is 0 Å². The van der Waals surface area contributed by atoms with Crippen molar-refractivity contribution in [3.8, 4) is 11.3 Å². The highest BCUT2D eigenvalue weighted by molar-refractivity contribution is 5.95. The lowest BCUT2D eigenvalue weighted by Gasteiger charge is -2.10. The summed E-state index contributed by atoms with van der Waals surface area (Å²) in [6.45, 7) is 3.57. The second-order valence-corrected chi connectivity index (χ2v) is 7.44. The topological polar surface area (TPSA) is 122 Å². The van der Waals surface area contributed by atoms with Crippen LogP contribution in [-0.4, -0.2) is 40.6 Å². The molecule has 0 fully saturated rings. The number of nitrogens with zero attached hydrogens (tertiary/aromatic N) is 2. The van der Waals surface area contributed by atoms with Crippen molar-refractivity contribution in [2.24, 2.45) is 0 Å². The summed E-state index contributed by atoms with van der Waals surface area (Å²) >= 11 is 0. The molecule has 1 aromatic heterocycles. The van der Waals surface area contributed by atoms with Crippen molar-refractivity contribution in [2.45, 2.75) is 20.4 Å². The Morgan fingerprint density at radius 1 is 0.879 bits per heavy atom. The lowest BCUT2D eigenvalue weighted by atomic mass is 10.1. The van der Waals surface area contributed by atoms with Crippen molar-refractivity contribution >= 4 is 23.4 Å². The Morgan fingerprint density at radius 2 is 1.55 bits per heavy atom. The van der Waals surface area contributed by atoms with Crippen LogP contribution in [0.1, 0.15) is 22.8 Å². The number of benzene rings is 2. The number of amides is 3. The second kappa shape index (κ2) is 10.9. The van der Waals surface area contributed by atoms with Crippen LogP contribution < -0.4 is 21.5 Å². The lowest BCUT2D eigenvalue weighted by Crippen LogP contribution is -2.38. The molecule has 3 rings (SSSR count). The van der Waals surface area contributed by atoms with E-state index in [9.17, 15) is 19.2 Å². The van der Waals surface area contributed by atoms with Crippen LogP contribution in [-0.2, 0) is 16.1 Å². The SMILES string of the molecule is CC(=O)Nc1ccc(C(=O)NCCNC(=O)Cn2nc(-c3ccc(C)cc3)ccc2=O)cc1. The maximum atomic E-state index is 12.2. The minimum atomic E-state index is -0.389. The molecule has 9 nitrogen and oxygen atoms in total. The predicted molar refractivity (Wildman–Crippen MR) is 125 cm³/mol. The molecule has 0 unspecified atom stereocenters. The van der Waals surface area contributed by atoms with Crippen LogP contribution in [0.5, 0.6) is 0 Å². The number of carbonyl (C=O) groups is 3. The minimum Gasteiger partial charge on any atom is -0.353 e. The number of hydrogen-bond donors (Lipinski definition) is 3. The van der Waals surface area contributed by atoms with Crippen molar-refractivity contribution in [1.29, 1.82) is 0 Å². The summed E-state index contributed by atoms with van der Waals surface area (Å²) in [6, 6.07) is 17.2. The number of hydrogen-bond acceptors (Lipinski definition) is 5. The quantitative estimate of drug-likeness (QED) is 0.454. The summed E-state index contributed by atoms with van der Waals surface area (Å²) in [4.78, 5) is 47.6. The number of nitrogens with one attached hydrogen (secondary N) is 3. The van der Waals surface area contributed by atoms with E-state index in [0.29, 0.717) is 16.9 Å². The first-order valence-corrected chi connectivity index (χ1v) is 10.4. The van der Waals surface area contributed by atoms with Crippen LogP contribution in [0, 0.1) is 6.92 Å². The molecule has 0 saturated heterocycles. The average Bonchev–Trinajstić information content (AvgIpc) is 2.79. The molecule has 170 valence electrons. The third-order valence-electron chi connectivity index (χ3n) is 4.71. The first-order valence-electron chi connectivity index (χ1n) is 10.4. The zero-order valence-electron chi connectivity index (χ0n) is 18.4. The zero-order chi connectivity index (χ0) is 23.8. The van der Waals surface area contributed by atoms with E-state index >= 15 is 0 Å².